The molecule has 2 atom stereocenters. The number of oxazole rings is 1. The molecule has 2 aromatic heterocycles. The highest BCUT2D eigenvalue weighted by Gasteiger charge is 2.34. The average molecular weight is 483 g/mol. The highest BCUT2D eigenvalue weighted by Crippen LogP contribution is 2.39. The van der Waals surface area contributed by atoms with Crippen LogP contribution in [-0.2, 0) is 11.2 Å². The molecule has 1 aliphatic rings. The van der Waals surface area contributed by atoms with E-state index in [2.05, 4.69) is 20.5 Å². The SMILES string of the molecule is BC(B)(B)Oc1ccc2oc(N3CCc4nc(NC(=O)N[C@H](C)CO)sc4[C@@H]3COC)nc2c1. The van der Waals surface area contributed by atoms with E-state index in [4.69, 9.17) is 24.0 Å². The lowest BCUT2D eigenvalue weighted by atomic mass is 9.52. The smallest absolute Gasteiger partial charge is 0.321 e. The zero-order valence-electron chi connectivity index (χ0n) is 20.0. The molecule has 0 unspecified atom stereocenters. The summed E-state index contributed by atoms with van der Waals surface area (Å²) in [4.78, 5) is 24.6. The van der Waals surface area contributed by atoms with Crippen LogP contribution in [0.25, 0.3) is 11.1 Å². The predicted octanol–water partition coefficient (Wildman–Crippen LogP) is -0.574. The third kappa shape index (κ3) is 5.51. The zero-order valence-corrected chi connectivity index (χ0v) is 20.9. The number of benzene rings is 1. The molecule has 0 spiro atoms. The monoisotopic (exact) mass is 483 g/mol. The number of hydrogen-bond acceptors (Lipinski definition) is 9. The number of methoxy groups -OCH3 is 1. The standard InChI is InChI=1S/C20H28B3N5O5S/c1-10(8-29)24-17(30)27-18-25-12-5-6-28(14(9-31-2)16(12)34-18)19-26-13-7-11(33-20(21,22)23)3-4-15(13)32-19/h3-4,7,10,14,29H,5-6,8-9,21-23H2,1-2H3,(H2,24,25,27,30)/t10-,14+/m1/s1. The van der Waals surface area contributed by atoms with Crippen LogP contribution in [0.4, 0.5) is 15.9 Å². The molecule has 14 heteroatoms. The molecular weight excluding hydrogens is 455 g/mol. The molecule has 1 aromatic carbocycles. The van der Waals surface area contributed by atoms with Crippen molar-refractivity contribution in [1.29, 1.82) is 0 Å². The summed E-state index contributed by atoms with van der Waals surface area (Å²) in [6, 6.07) is 5.24. The van der Waals surface area contributed by atoms with E-state index in [1.54, 1.807) is 14.0 Å². The molecule has 0 saturated carbocycles. The molecular formula is C20H28B3N5O5S. The second-order valence-electron chi connectivity index (χ2n) is 9.27. The van der Waals surface area contributed by atoms with Crippen LogP contribution in [0, 0.1) is 0 Å². The fourth-order valence-corrected chi connectivity index (χ4v) is 4.87. The lowest BCUT2D eigenvalue weighted by Crippen LogP contribution is -2.38. The number of carbonyl (C=O) groups excluding carboxylic acids is 1. The highest BCUT2D eigenvalue weighted by atomic mass is 32.1. The largest absolute Gasteiger partial charge is 0.514 e. The zero-order chi connectivity index (χ0) is 24.5. The van der Waals surface area contributed by atoms with Gasteiger partial charge in [0.15, 0.2) is 10.7 Å². The maximum Gasteiger partial charge on any atom is 0.321 e. The van der Waals surface area contributed by atoms with Crippen molar-refractivity contribution < 1.29 is 23.8 Å². The lowest BCUT2D eigenvalue weighted by Gasteiger charge is -2.33. The van der Waals surface area contributed by atoms with E-state index in [0.717, 1.165) is 21.8 Å². The molecule has 0 fully saturated rings. The first-order valence-electron chi connectivity index (χ1n) is 11.2. The molecule has 0 saturated heterocycles. The van der Waals surface area contributed by atoms with Crippen LogP contribution in [0.3, 0.4) is 0 Å². The number of rotatable bonds is 8. The number of hydrogen-bond donors (Lipinski definition) is 3. The Kier molecular flexibility index (Phi) is 7.10. The fourth-order valence-electron chi connectivity index (χ4n) is 3.77. The molecule has 10 nitrogen and oxygen atoms in total. The van der Waals surface area contributed by atoms with Gasteiger partial charge in [-0.05, 0) is 19.1 Å². The number of aliphatic hydroxyl groups excluding tert-OH is 1. The molecule has 3 aromatic rings. The van der Waals surface area contributed by atoms with Crippen molar-refractivity contribution in [1.82, 2.24) is 15.3 Å². The fraction of sp³-hybridized carbons (Fsp3) is 0.450. The van der Waals surface area contributed by atoms with Crippen LogP contribution in [0.15, 0.2) is 22.6 Å². The van der Waals surface area contributed by atoms with Crippen LogP contribution in [0.2, 0.25) is 0 Å². The minimum Gasteiger partial charge on any atom is -0.514 e. The first-order valence-corrected chi connectivity index (χ1v) is 12.0. The average Bonchev–Trinajstić information content (AvgIpc) is 3.36. The first-order chi connectivity index (χ1) is 16.2. The van der Waals surface area contributed by atoms with Gasteiger partial charge in [-0.25, -0.2) is 9.78 Å². The van der Waals surface area contributed by atoms with Gasteiger partial charge in [-0.3, -0.25) is 5.32 Å². The van der Waals surface area contributed by atoms with Crippen molar-refractivity contribution in [3.8, 4) is 5.75 Å². The van der Waals surface area contributed by atoms with Gasteiger partial charge in [-0.2, -0.15) is 4.98 Å². The summed E-state index contributed by atoms with van der Waals surface area (Å²) in [5.74, 6) is 0.737. The van der Waals surface area contributed by atoms with Crippen molar-refractivity contribution >= 4 is 63.2 Å². The Hall–Kier alpha value is -2.70. The van der Waals surface area contributed by atoms with Crippen molar-refractivity contribution in [2.75, 3.05) is 37.1 Å². The highest BCUT2D eigenvalue weighted by molar-refractivity contribution is 7.16. The number of carbonyl (C=O) groups is 1. The normalized spacial score (nSPS) is 16.8. The second kappa shape index (κ2) is 9.89. The number of urea groups is 1. The Morgan fingerprint density at radius 1 is 1.41 bits per heavy atom. The van der Waals surface area contributed by atoms with E-state index in [9.17, 15) is 4.79 Å². The second-order valence-corrected chi connectivity index (χ2v) is 10.3. The van der Waals surface area contributed by atoms with Crippen molar-refractivity contribution in [2.24, 2.45) is 0 Å². The molecule has 4 rings (SSSR count). The summed E-state index contributed by atoms with van der Waals surface area (Å²) in [6.07, 6.45) is 0.680. The summed E-state index contributed by atoms with van der Waals surface area (Å²) in [5, 5.41) is 14.7. The Morgan fingerprint density at radius 3 is 2.91 bits per heavy atom. The van der Waals surface area contributed by atoms with Gasteiger partial charge in [0.1, 0.15) is 34.8 Å². The Balaban J connectivity index is 1.58. The molecule has 178 valence electrons. The van der Waals surface area contributed by atoms with Crippen LogP contribution in [0.1, 0.15) is 23.5 Å². The summed E-state index contributed by atoms with van der Waals surface area (Å²) in [5.41, 5.74) is 2.32. The predicted molar refractivity (Wildman–Crippen MR) is 139 cm³/mol. The van der Waals surface area contributed by atoms with Crippen molar-refractivity contribution in [3.05, 3.63) is 28.8 Å². The third-order valence-corrected chi connectivity index (χ3v) is 6.32. The van der Waals surface area contributed by atoms with Gasteiger partial charge >= 0.3 is 6.03 Å². The van der Waals surface area contributed by atoms with Gasteiger partial charge in [-0.15, -0.1) is 0 Å². The van der Waals surface area contributed by atoms with Crippen LogP contribution >= 0.6 is 11.3 Å². The molecule has 0 radical (unpaired) electrons. The minimum atomic E-state index is -0.403. The van der Waals surface area contributed by atoms with Gasteiger partial charge in [-0.1, -0.05) is 11.3 Å². The van der Waals surface area contributed by atoms with Crippen molar-refractivity contribution in [2.45, 2.75) is 30.7 Å². The number of anilines is 2. The molecule has 0 bridgehead atoms. The van der Waals surface area contributed by atoms with E-state index in [-0.39, 0.29) is 24.0 Å². The van der Waals surface area contributed by atoms with Gasteiger partial charge < -0.3 is 29.2 Å². The molecule has 34 heavy (non-hydrogen) atoms. The molecule has 2 amide bonds. The number of aliphatic hydroxyl groups is 1. The molecule has 3 heterocycles. The maximum absolute atomic E-state index is 12.2. The van der Waals surface area contributed by atoms with Crippen molar-refractivity contribution in [3.63, 3.8) is 0 Å². The van der Waals surface area contributed by atoms with Crippen LogP contribution < -0.4 is 20.3 Å². The molecule has 1 aliphatic heterocycles. The number of amides is 2. The van der Waals surface area contributed by atoms with E-state index >= 15 is 0 Å². The minimum absolute atomic E-state index is 0.138. The molecule has 0 aliphatic carbocycles. The van der Waals surface area contributed by atoms with E-state index in [1.807, 2.05) is 41.7 Å². The van der Waals surface area contributed by atoms with Gasteiger partial charge in [0.25, 0.3) is 6.01 Å². The molecule has 3 N–H and O–H groups in total. The van der Waals surface area contributed by atoms with Crippen LogP contribution in [0.5, 0.6) is 5.75 Å². The summed E-state index contributed by atoms with van der Waals surface area (Å²) >= 11 is 1.40. The number of fused-ring (bicyclic) bond motifs is 2. The quantitative estimate of drug-likeness (QED) is 0.365. The number of thiazole rings is 1. The summed E-state index contributed by atoms with van der Waals surface area (Å²) in [7, 11) is 7.65. The Morgan fingerprint density at radius 2 is 2.21 bits per heavy atom. The third-order valence-electron chi connectivity index (χ3n) is 5.21. The first kappa shape index (κ1) is 24.4. The maximum atomic E-state index is 12.2. The number of ether oxygens (including phenoxy) is 2. The van der Waals surface area contributed by atoms with Gasteiger partial charge in [0, 0.05) is 31.4 Å². The van der Waals surface area contributed by atoms with E-state index in [0.29, 0.717) is 36.3 Å². The van der Waals surface area contributed by atoms with Crippen LogP contribution in [-0.4, -0.2) is 82.9 Å². The van der Waals surface area contributed by atoms with E-state index in [1.165, 1.54) is 11.3 Å². The summed E-state index contributed by atoms with van der Waals surface area (Å²) in [6.45, 7) is 2.65. The van der Waals surface area contributed by atoms with E-state index < -0.39 is 6.03 Å². The number of aromatic nitrogens is 2. The number of nitrogens with one attached hydrogen (secondary N) is 2. The number of nitrogens with zero attached hydrogens (tertiary/aromatic N) is 3. The topological polar surface area (TPSA) is 122 Å². The van der Waals surface area contributed by atoms with Gasteiger partial charge in [0.05, 0.1) is 35.9 Å². The van der Waals surface area contributed by atoms with Gasteiger partial charge in [0.2, 0.25) is 0 Å². The lowest BCUT2D eigenvalue weighted by molar-refractivity contribution is 0.174. The summed E-state index contributed by atoms with van der Waals surface area (Å²) < 4.78 is 17.6. The Labute approximate surface area is 204 Å². The Bertz CT molecular complexity index is 1170.